The zero-order valence-electron chi connectivity index (χ0n) is 10.4. The molecule has 0 aromatic rings. The molecular formula is C12H24N2O. The van der Waals surface area contributed by atoms with E-state index in [2.05, 4.69) is 25.7 Å². The first-order chi connectivity index (χ1) is 6.99. The Labute approximate surface area is 93.5 Å². The molecule has 0 aromatic carbocycles. The maximum Gasteiger partial charge on any atom is 0.223 e. The highest BCUT2D eigenvalue weighted by atomic mass is 16.2. The average molecular weight is 212 g/mol. The van der Waals surface area contributed by atoms with E-state index < -0.39 is 0 Å². The van der Waals surface area contributed by atoms with Crippen LogP contribution in [0.25, 0.3) is 0 Å². The molecule has 0 saturated carbocycles. The third-order valence-corrected chi connectivity index (χ3v) is 2.70. The van der Waals surface area contributed by atoms with Crippen LogP contribution >= 0.6 is 0 Å². The second-order valence-electron chi connectivity index (χ2n) is 4.28. The molecule has 0 saturated heterocycles. The summed E-state index contributed by atoms with van der Waals surface area (Å²) in [6, 6.07) is 0.429. The molecule has 0 aromatic heterocycles. The minimum Gasteiger partial charge on any atom is -0.349 e. The lowest BCUT2D eigenvalue weighted by Gasteiger charge is -2.20. The molecule has 2 unspecified atom stereocenters. The highest BCUT2D eigenvalue weighted by Crippen LogP contribution is 2.07. The van der Waals surface area contributed by atoms with Gasteiger partial charge in [0.2, 0.25) is 5.91 Å². The van der Waals surface area contributed by atoms with Crippen molar-refractivity contribution in [2.24, 2.45) is 5.92 Å². The predicted molar refractivity (Wildman–Crippen MR) is 64.8 cm³/mol. The number of amides is 1. The van der Waals surface area contributed by atoms with Crippen LogP contribution in [-0.4, -0.2) is 37.5 Å². The van der Waals surface area contributed by atoms with Gasteiger partial charge in [-0.15, -0.1) is 6.58 Å². The second-order valence-corrected chi connectivity index (χ2v) is 4.28. The van der Waals surface area contributed by atoms with Crippen molar-refractivity contribution in [3.63, 3.8) is 0 Å². The summed E-state index contributed by atoms with van der Waals surface area (Å²) in [6.45, 7) is 8.81. The molecule has 1 amide bonds. The summed E-state index contributed by atoms with van der Waals surface area (Å²) in [5.41, 5.74) is 0. The van der Waals surface area contributed by atoms with Gasteiger partial charge in [-0.3, -0.25) is 4.79 Å². The maximum absolute atomic E-state index is 11.3. The van der Waals surface area contributed by atoms with Gasteiger partial charge in [0.05, 0.1) is 0 Å². The fraction of sp³-hybridized carbons (Fsp3) is 0.750. The summed E-state index contributed by atoms with van der Waals surface area (Å²) in [6.07, 6.45) is 3.52. The summed E-state index contributed by atoms with van der Waals surface area (Å²) in [5.74, 6) is 0.739. The third kappa shape index (κ3) is 6.28. The first-order valence-electron chi connectivity index (χ1n) is 5.53. The molecule has 0 heterocycles. The van der Waals surface area contributed by atoms with Gasteiger partial charge in [0.15, 0.2) is 0 Å². The van der Waals surface area contributed by atoms with Crippen LogP contribution in [-0.2, 0) is 4.79 Å². The van der Waals surface area contributed by atoms with Crippen molar-refractivity contribution in [1.29, 1.82) is 0 Å². The van der Waals surface area contributed by atoms with E-state index in [1.54, 1.807) is 19.0 Å². The highest BCUT2D eigenvalue weighted by Gasteiger charge is 2.10. The smallest absolute Gasteiger partial charge is 0.223 e. The van der Waals surface area contributed by atoms with Crippen LogP contribution in [0.3, 0.4) is 0 Å². The Morgan fingerprint density at radius 2 is 2.07 bits per heavy atom. The first kappa shape index (κ1) is 14.2. The number of allylic oxidation sites excluding steroid dienone is 1. The summed E-state index contributed by atoms with van der Waals surface area (Å²) in [5, 5.41) is 3.36. The van der Waals surface area contributed by atoms with E-state index in [0.717, 1.165) is 13.0 Å². The van der Waals surface area contributed by atoms with E-state index in [9.17, 15) is 4.79 Å². The first-order valence-corrected chi connectivity index (χ1v) is 5.53. The van der Waals surface area contributed by atoms with Crippen LogP contribution in [0.15, 0.2) is 12.7 Å². The van der Waals surface area contributed by atoms with E-state index >= 15 is 0 Å². The number of hydrogen-bond acceptors (Lipinski definition) is 2. The van der Waals surface area contributed by atoms with E-state index in [0.29, 0.717) is 18.4 Å². The van der Waals surface area contributed by atoms with Crippen LogP contribution in [0.5, 0.6) is 0 Å². The minimum absolute atomic E-state index is 0.172. The van der Waals surface area contributed by atoms with Gasteiger partial charge < -0.3 is 10.2 Å². The van der Waals surface area contributed by atoms with Gasteiger partial charge in [0, 0.05) is 33.1 Å². The van der Waals surface area contributed by atoms with Crippen LogP contribution in [0.4, 0.5) is 0 Å². The van der Waals surface area contributed by atoms with Gasteiger partial charge in [0.25, 0.3) is 0 Å². The fourth-order valence-corrected chi connectivity index (χ4v) is 1.30. The van der Waals surface area contributed by atoms with Crippen molar-refractivity contribution in [3.8, 4) is 0 Å². The number of carbonyl (C=O) groups is 1. The lowest BCUT2D eigenvalue weighted by molar-refractivity contribution is -0.128. The summed E-state index contributed by atoms with van der Waals surface area (Å²) >= 11 is 0. The Balaban J connectivity index is 3.67. The van der Waals surface area contributed by atoms with Crippen LogP contribution < -0.4 is 5.32 Å². The van der Waals surface area contributed by atoms with Gasteiger partial charge in [-0.25, -0.2) is 0 Å². The molecule has 0 bridgehead atoms. The molecule has 0 fully saturated rings. The normalized spacial score (nSPS) is 14.4. The zero-order valence-corrected chi connectivity index (χ0v) is 10.4. The van der Waals surface area contributed by atoms with E-state index in [4.69, 9.17) is 0 Å². The molecular weight excluding hydrogens is 188 g/mol. The number of rotatable bonds is 7. The number of nitrogens with zero attached hydrogens (tertiary/aromatic N) is 1. The van der Waals surface area contributed by atoms with Gasteiger partial charge in [-0.2, -0.15) is 0 Å². The quantitative estimate of drug-likeness (QED) is 0.651. The standard InChI is InChI=1S/C12H24N2O/c1-6-7-10(2)11(3)13-9-8-12(15)14(4)5/h6,10-11,13H,1,7-9H2,2-5H3. The lowest BCUT2D eigenvalue weighted by atomic mass is 10.00. The average Bonchev–Trinajstić information content (AvgIpc) is 2.17. The molecule has 2 atom stereocenters. The van der Waals surface area contributed by atoms with Crippen LogP contribution in [0.2, 0.25) is 0 Å². The molecule has 0 aliphatic heterocycles. The zero-order chi connectivity index (χ0) is 11.8. The number of nitrogens with one attached hydrogen (secondary N) is 1. The summed E-state index contributed by atoms with van der Waals surface area (Å²) < 4.78 is 0. The summed E-state index contributed by atoms with van der Waals surface area (Å²) in [4.78, 5) is 12.9. The van der Waals surface area contributed by atoms with E-state index in [-0.39, 0.29) is 5.91 Å². The molecule has 88 valence electrons. The van der Waals surface area contributed by atoms with Gasteiger partial charge in [-0.05, 0) is 19.3 Å². The molecule has 3 nitrogen and oxygen atoms in total. The number of hydrogen-bond donors (Lipinski definition) is 1. The molecule has 0 radical (unpaired) electrons. The monoisotopic (exact) mass is 212 g/mol. The second kappa shape index (κ2) is 7.46. The summed E-state index contributed by atoms with van der Waals surface area (Å²) in [7, 11) is 3.57. The van der Waals surface area contributed by atoms with Gasteiger partial charge in [0.1, 0.15) is 0 Å². The largest absolute Gasteiger partial charge is 0.349 e. The SMILES string of the molecule is C=CCC(C)C(C)NCCC(=O)N(C)C. The Morgan fingerprint density at radius 1 is 1.47 bits per heavy atom. The Hall–Kier alpha value is -0.830. The van der Waals surface area contributed by atoms with Gasteiger partial charge in [-0.1, -0.05) is 13.0 Å². The third-order valence-electron chi connectivity index (χ3n) is 2.70. The maximum atomic E-state index is 11.3. The molecule has 3 heteroatoms. The van der Waals surface area contributed by atoms with Gasteiger partial charge >= 0.3 is 0 Å². The van der Waals surface area contributed by atoms with Crippen LogP contribution in [0.1, 0.15) is 26.7 Å². The highest BCUT2D eigenvalue weighted by molar-refractivity contribution is 5.75. The van der Waals surface area contributed by atoms with Crippen molar-refractivity contribution >= 4 is 5.91 Å². The van der Waals surface area contributed by atoms with E-state index in [1.807, 2.05) is 6.08 Å². The lowest BCUT2D eigenvalue weighted by Crippen LogP contribution is -2.35. The Bertz CT molecular complexity index is 202. The fourth-order valence-electron chi connectivity index (χ4n) is 1.30. The van der Waals surface area contributed by atoms with Crippen LogP contribution in [0, 0.1) is 5.92 Å². The number of carbonyl (C=O) groups excluding carboxylic acids is 1. The van der Waals surface area contributed by atoms with Crippen molar-refractivity contribution in [2.45, 2.75) is 32.7 Å². The molecule has 15 heavy (non-hydrogen) atoms. The van der Waals surface area contributed by atoms with Crippen molar-refractivity contribution in [1.82, 2.24) is 10.2 Å². The van der Waals surface area contributed by atoms with Crippen molar-refractivity contribution in [3.05, 3.63) is 12.7 Å². The molecule has 0 rings (SSSR count). The molecule has 0 aliphatic carbocycles. The molecule has 0 spiro atoms. The Kier molecular flexibility index (Phi) is 7.05. The Morgan fingerprint density at radius 3 is 2.53 bits per heavy atom. The topological polar surface area (TPSA) is 32.3 Å². The molecule has 1 N–H and O–H groups in total. The van der Waals surface area contributed by atoms with E-state index in [1.165, 1.54) is 0 Å². The van der Waals surface area contributed by atoms with Crippen molar-refractivity contribution in [2.75, 3.05) is 20.6 Å². The predicted octanol–water partition coefficient (Wildman–Crippen LogP) is 1.66. The van der Waals surface area contributed by atoms with Crippen molar-refractivity contribution < 1.29 is 4.79 Å². The minimum atomic E-state index is 0.172. The molecule has 0 aliphatic rings.